The molecule has 1 heterocycles. The van der Waals surface area contributed by atoms with Crippen molar-refractivity contribution in [2.45, 2.75) is 6.42 Å². The molecule has 0 spiro atoms. The van der Waals surface area contributed by atoms with Crippen molar-refractivity contribution in [1.82, 2.24) is 0 Å². The second-order valence-corrected chi connectivity index (χ2v) is 4.82. The molecule has 0 bridgehead atoms. The van der Waals surface area contributed by atoms with Crippen molar-refractivity contribution in [3.05, 3.63) is 52.0 Å². The van der Waals surface area contributed by atoms with Crippen LogP contribution in [0.25, 0.3) is 0 Å². The highest BCUT2D eigenvalue weighted by atomic mass is 32.1. The molecule has 0 atom stereocenters. The van der Waals surface area contributed by atoms with Gasteiger partial charge in [0, 0.05) is 5.69 Å². The van der Waals surface area contributed by atoms with E-state index in [1.807, 2.05) is 16.8 Å². The lowest BCUT2D eigenvalue weighted by atomic mass is 10.1. The molecule has 0 saturated heterocycles. The first-order valence-electron chi connectivity index (χ1n) is 5.68. The third-order valence-corrected chi connectivity index (χ3v) is 3.31. The largest absolute Gasteiger partial charge is 0.409 e. The van der Waals surface area contributed by atoms with Gasteiger partial charge in [0.2, 0.25) is 5.91 Å². The average molecular weight is 293 g/mol. The Bertz CT molecular complexity index is 641. The molecule has 20 heavy (non-hydrogen) atoms. The van der Waals surface area contributed by atoms with Gasteiger partial charge in [0.25, 0.3) is 0 Å². The van der Waals surface area contributed by atoms with Gasteiger partial charge in [0.15, 0.2) is 5.84 Å². The molecular weight excluding hydrogens is 281 g/mol. The molecule has 0 radical (unpaired) electrons. The number of nitrogens with two attached hydrogens (primary N) is 1. The number of amides is 1. The van der Waals surface area contributed by atoms with Gasteiger partial charge in [-0.15, -0.1) is 0 Å². The van der Waals surface area contributed by atoms with Crippen LogP contribution in [0.5, 0.6) is 0 Å². The van der Waals surface area contributed by atoms with Crippen LogP contribution in [0.4, 0.5) is 10.1 Å². The molecule has 2 rings (SSSR count). The summed E-state index contributed by atoms with van der Waals surface area (Å²) in [6, 6.07) is 5.73. The lowest BCUT2D eigenvalue weighted by molar-refractivity contribution is -0.115. The van der Waals surface area contributed by atoms with Crippen LogP contribution in [0.3, 0.4) is 0 Å². The van der Waals surface area contributed by atoms with E-state index in [2.05, 4.69) is 10.5 Å². The molecule has 5 nitrogen and oxygen atoms in total. The van der Waals surface area contributed by atoms with Gasteiger partial charge >= 0.3 is 0 Å². The van der Waals surface area contributed by atoms with Gasteiger partial charge < -0.3 is 16.3 Å². The molecule has 0 saturated carbocycles. The monoisotopic (exact) mass is 293 g/mol. The Labute approximate surface area is 118 Å². The van der Waals surface area contributed by atoms with E-state index in [4.69, 9.17) is 10.9 Å². The number of rotatable bonds is 4. The van der Waals surface area contributed by atoms with Crippen molar-refractivity contribution >= 4 is 28.8 Å². The third-order valence-electron chi connectivity index (χ3n) is 2.58. The summed E-state index contributed by atoms with van der Waals surface area (Å²) in [5, 5.41) is 17.7. The SMILES string of the molecule is NC(=NO)c1cc(NC(=O)Cc2ccsc2)ccc1F. The summed E-state index contributed by atoms with van der Waals surface area (Å²) in [5.41, 5.74) is 6.58. The van der Waals surface area contributed by atoms with Crippen LogP contribution in [0.15, 0.2) is 40.2 Å². The quantitative estimate of drug-likeness (QED) is 0.349. The number of hydrogen-bond acceptors (Lipinski definition) is 4. The van der Waals surface area contributed by atoms with E-state index in [-0.39, 0.29) is 23.7 Å². The van der Waals surface area contributed by atoms with Crippen LogP contribution in [0.1, 0.15) is 11.1 Å². The van der Waals surface area contributed by atoms with Crippen molar-refractivity contribution in [2.24, 2.45) is 10.9 Å². The average Bonchev–Trinajstić information content (AvgIpc) is 2.92. The molecule has 0 fully saturated rings. The Kier molecular flexibility index (Phi) is 4.31. The van der Waals surface area contributed by atoms with E-state index in [0.717, 1.165) is 11.6 Å². The molecule has 0 aliphatic carbocycles. The van der Waals surface area contributed by atoms with Crippen molar-refractivity contribution in [2.75, 3.05) is 5.32 Å². The number of carbonyl (C=O) groups is 1. The summed E-state index contributed by atoms with van der Waals surface area (Å²) in [6.45, 7) is 0. The Morgan fingerprint density at radius 1 is 1.45 bits per heavy atom. The van der Waals surface area contributed by atoms with Crippen molar-refractivity contribution in [3.63, 3.8) is 0 Å². The van der Waals surface area contributed by atoms with Gasteiger partial charge in [-0.3, -0.25) is 4.79 Å². The third kappa shape index (κ3) is 3.33. The smallest absolute Gasteiger partial charge is 0.228 e. The van der Waals surface area contributed by atoms with Gasteiger partial charge in [-0.2, -0.15) is 11.3 Å². The molecule has 104 valence electrons. The number of hydrogen-bond donors (Lipinski definition) is 3. The maximum Gasteiger partial charge on any atom is 0.228 e. The molecule has 0 aliphatic rings. The van der Waals surface area contributed by atoms with Crippen LogP contribution in [-0.4, -0.2) is 17.0 Å². The molecule has 0 unspecified atom stereocenters. The van der Waals surface area contributed by atoms with Gasteiger partial charge in [-0.05, 0) is 40.6 Å². The second-order valence-electron chi connectivity index (χ2n) is 4.04. The summed E-state index contributed by atoms with van der Waals surface area (Å²) < 4.78 is 13.5. The number of nitrogens with zero attached hydrogens (tertiary/aromatic N) is 1. The van der Waals surface area contributed by atoms with Crippen LogP contribution in [-0.2, 0) is 11.2 Å². The summed E-state index contributed by atoms with van der Waals surface area (Å²) >= 11 is 1.51. The molecule has 1 amide bonds. The summed E-state index contributed by atoms with van der Waals surface area (Å²) in [5.74, 6) is -1.20. The summed E-state index contributed by atoms with van der Waals surface area (Å²) in [7, 11) is 0. The topological polar surface area (TPSA) is 87.7 Å². The summed E-state index contributed by atoms with van der Waals surface area (Å²) in [4.78, 5) is 11.8. The van der Waals surface area contributed by atoms with Crippen LogP contribution >= 0.6 is 11.3 Å². The standard InChI is InChI=1S/C13H12FN3O2S/c14-11-2-1-9(6-10(11)13(15)17-19)16-12(18)5-8-3-4-20-7-8/h1-4,6-7,19H,5H2,(H2,15,17)(H,16,18). The van der Waals surface area contributed by atoms with Gasteiger partial charge in [0.1, 0.15) is 5.82 Å². The van der Waals surface area contributed by atoms with E-state index in [0.29, 0.717) is 5.69 Å². The van der Waals surface area contributed by atoms with Crippen LogP contribution in [0.2, 0.25) is 0 Å². The number of anilines is 1. The second kappa shape index (κ2) is 6.16. The van der Waals surface area contributed by atoms with E-state index >= 15 is 0 Å². The maximum absolute atomic E-state index is 13.5. The van der Waals surface area contributed by atoms with Gasteiger partial charge in [-0.25, -0.2) is 4.39 Å². The van der Waals surface area contributed by atoms with Crippen LogP contribution < -0.4 is 11.1 Å². The minimum absolute atomic E-state index is 0.0687. The summed E-state index contributed by atoms with van der Waals surface area (Å²) in [6.07, 6.45) is 0.236. The Morgan fingerprint density at radius 3 is 2.90 bits per heavy atom. The van der Waals surface area contributed by atoms with E-state index in [9.17, 15) is 9.18 Å². The van der Waals surface area contributed by atoms with Crippen molar-refractivity contribution < 1.29 is 14.4 Å². The van der Waals surface area contributed by atoms with E-state index < -0.39 is 5.82 Å². The Morgan fingerprint density at radius 2 is 2.25 bits per heavy atom. The zero-order valence-corrected chi connectivity index (χ0v) is 11.2. The maximum atomic E-state index is 13.5. The predicted octanol–water partition coefficient (Wildman–Crippen LogP) is 2.16. The number of nitrogens with one attached hydrogen (secondary N) is 1. The van der Waals surface area contributed by atoms with Gasteiger partial charge in [-0.1, -0.05) is 5.16 Å². The predicted molar refractivity (Wildman–Crippen MR) is 75.6 cm³/mol. The lowest BCUT2D eigenvalue weighted by Crippen LogP contribution is -2.17. The normalized spacial score (nSPS) is 11.3. The first-order chi connectivity index (χ1) is 9.60. The molecule has 2 aromatic rings. The Balaban J connectivity index is 2.11. The fourth-order valence-corrected chi connectivity index (χ4v) is 2.31. The lowest BCUT2D eigenvalue weighted by Gasteiger charge is -2.07. The molecule has 1 aromatic heterocycles. The highest BCUT2D eigenvalue weighted by molar-refractivity contribution is 7.08. The zero-order chi connectivity index (χ0) is 14.5. The number of thiophene rings is 1. The van der Waals surface area contributed by atoms with Crippen molar-refractivity contribution in [1.29, 1.82) is 0 Å². The molecule has 4 N–H and O–H groups in total. The minimum Gasteiger partial charge on any atom is -0.409 e. The highest BCUT2D eigenvalue weighted by Gasteiger charge is 2.10. The minimum atomic E-state index is -0.629. The van der Waals surface area contributed by atoms with E-state index in [1.165, 1.54) is 23.5 Å². The van der Waals surface area contributed by atoms with Crippen molar-refractivity contribution in [3.8, 4) is 0 Å². The fraction of sp³-hybridized carbons (Fsp3) is 0.0769. The number of carbonyl (C=O) groups excluding carboxylic acids is 1. The van der Waals surface area contributed by atoms with E-state index in [1.54, 1.807) is 0 Å². The number of halogens is 1. The van der Waals surface area contributed by atoms with Crippen LogP contribution in [0, 0.1) is 5.82 Å². The first kappa shape index (κ1) is 14.0. The zero-order valence-electron chi connectivity index (χ0n) is 10.3. The molecule has 0 aliphatic heterocycles. The number of oxime groups is 1. The fourth-order valence-electron chi connectivity index (χ4n) is 1.64. The first-order valence-corrected chi connectivity index (χ1v) is 6.63. The van der Waals surface area contributed by atoms with Gasteiger partial charge in [0.05, 0.1) is 12.0 Å². The Hall–Kier alpha value is -2.41. The number of amidine groups is 1. The highest BCUT2D eigenvalue weighted by Crippen LogP contribution is 2.15. The number of benzene rings is 1. The molecular formula is C13H12FN3O2S. The molecule has 1 aromatic carbocycles. The molecule has 7 heteroatoms.